The van der Waals surface area contributed by atoms with Crippen LogP contribution in [0.15, 0.2) is 42.3 Å². The van der Waals surface area contributed by atoms with Crippen molar-refractivity contribution < 1.29 is 14.5 Å². The number of hydrogen-bond acceptors (Lipinski definition) is 1. The summed E-state index contributed by atoms with van der Waals surface area (Å²) in [5.74, 6) is -0.921. The number of aliphatic carboxylic acids is 1. The molecule has 1 aromatic heterocycles. The molecular weight excluding hydrogens is 190 g/mol. The van der Waals surface area contributed by atoms with Gasteiger partial charge in [0.25, 0.3) is 0 Å². The van der Waals surface area contributed by atoms with Crippen molar-refractivity contribution in [3.05, 3.63) is 47.8 Å². The zero-order valence-corrected chi connectivity index (χ0v) is 8.84. The summed E-state index contributed by atoms with van der Waals surface area (Å²) in [4.78, 5) is 10.4. The molecule has 3 heteroatoms. The number of carboxylic acid groups (broad SMARTS) is 1. The van der Waals surface area contributed by atoms with E-state index in [1.807, 2.05) is 42.2 Å². The van der Waals surface area contributed by atoms with E-state index in [0.717, 1.165) is 5.56 Å². The van der Waals surface area contributed by atoms with Crippen LogP contribution in [-0.2, 0) is 11.8 Å². The maximum atomic E-state index is 10.4. The maximum absolute atomic E-state index is 10.4. The van der Waals surface area contributed by atoms with Crippen molar-refractivity contribution in [3.8, 4) is 0 Å². The van der Waals surface area contributed by atoms with Crippen molar-refractivity contribution >= 4 is 12.0 Å². The molecule has 0 unspecified atom stereocenters. The van der Waals surface area contributed by atoms with Gasteiger partial charge in [-0.3, -0.25) is 0 Å². The van der Waals surface area contributed by atoms with Crippen LogP contribution in [0.5, 0.6) is 0 Å². The van der Waals surface area contributed by atoms with E-state index < -0.39 is 5.97 Å². The van der Waals surface area contributed by atoms with Crippen LogP contribution in [0.1, 0.15) is 12.5 Å². The smallest absolute Gasteiger partial charge is 0.328 e. The number of allylic oxidation sites excluding steroid dienone is 2. The zero-order valence-electron chi connectivity index (χ0n) is 8.84. The molecule has 0 bridgehead atoms. The first-order chi connectivity index (χ1) is 7.08. The molecule has 0 fully saturated rings. The van der Waals surface area contributed by atoms with Crippen LogP contribution in [0.3, 0.4) is 0 Å². The molecule has 0 atom stereocenters. The second kappa shape index (κ2) is 5.10. The van der Waals surface area contributed by atoms with E-state index in [9.17, 15) is 4.79 Å². The molecule has 3 nitrogen and oxygen atoms in total. The molecule has 0 aliphatic rings. The molecule has 1 rings (SSSR count). The highest BCUT2D eigenvalue weighted by Gasteiger charge is 1.94. The first kappa shape index (κ1) is 11.2. The van der Waals surface area contributed by atoms with Gasteiger partial charge in [-0.1, -0.05) is 6.08 Å². The number of rotatable bonds is 3. The van der Waals surface area contributed by atoms with Crippen LogP contribution in [0, 0.1) is 0 Å². The summed E-state index contributed by atoms with van der Waals surface area (Å²) in [6.45, 7) is 1.76. The lowest BCUT2D eigenvalue weighted by Gasteiger charge is -1.91. The third kappa shape index (κ3) is 4.22. The molecule has 0 spiro atoms. The van der Waals surface area contributed by atoms with Gasteiger partial charge in [0.2, 0.25) is 0 Å². The molecular formula is C12H14NO2+. The first-order valence-electron chi connectivity index (χ1n) is 4.62. The highest BCUT2D eigenvalue weighted by molar-refractivity contribution is 5.81. The van der Waals surface area contributed by atoms with Crippen LogP contribution in [0.4, 0.5) is 0 Å². The van der Waals surface area contributed by atoms with Crippen molar-refractivity contribution in [1.29, 1.82) is 0 Å². The summed E-state index contributed by atoms with van der Waals surface area (Å²) in [7, 11) is 1.94. The number of hydrogen-bond donors (Lipinski definition) is 1. The van der Waals surface area contributed by atoms with Crippen molar-refractivity contribution in [3.63, 3.8) is 0 Å². The van der Waals surface area contributed by atoms with Crippen LogP contribution in [0.25, 0.3) is 6.08 Å². The van der Waals surface area contributed by atoms with E-state index >= 15 is 0 Å². The summed E-state index contributed by atoms with van der Waals surface area (Å²) >= 11 is 0. The molecule has 0 aromatic carbocycles. The molecule has 1 heterocycles. The molecule has 0 saturated carbocycles. The quantitative estimate of drug-likeness (QED) is 0.461. The van der Waals surface area contributed by atoms with Crippen LogP contribution in [-0.4, -0.2) is 11.1 Å². The Morgan fingerprint density at radius 1 is 1.53 bits per heavy atom. The van der Waals surface area contributed by atoms with Crippen molar-refractivity contribution in [2.24, 2.45) is 7.05 Å². The molecule has 0 saturated heterocycles. The predicted octanol–water partition coefficient (Wildman–Crippen LogP) is 1.56. The van der Waals surface area contributed by atoms with E-state index in [1.54, 1.807) is 13.0 Å². The third-order valence-electron chi connectivity index (χ3n) is 1.85. The van der Waals surface area contributed by atoms with E-state index in [0.29, 0.717) is 5.57 Å². The molecule has 1 aromatic rings. The Morgan fingerprint density at radius 3 is 2.87 bits per heavy atom. The average Bonchev–Trinajstić information content (AvgIpc) is 2.14. The van der Waals surface area contributed by atoms with Gasteiger partial charge >= 0.3 is 5.97 Å². The van der Waals surface area contributed by atoms with Gasteiger partial charge in [0.1, 0.15) is 7.05 Å². The SMILES string of the molecule is CC(C=Cc1ccc[n+](C)c1)=CC(=O)O. The molecule has 0 amide bonds. The second-order valence-corrected chi connectivity index (χ2v) is 3.36. The Kier molecular flexibility index (Phi) is 3.80. The minimum Gasteiger partial charge on any atom is -0.478 e. The lowest BCUT2D eigenvalue weighted by Crippen LogP contribution is -2.26. The summed E-state index contributed by atoms with van der Waals surface area (Å²) in [6.07, 6.45) is 8.75. The van der Waals surface area contributed by atoms with Gasteiger partial charge in [-0.2, -0.15) is 0 Å². The Morgan fingerprint density at radius 2 is 2.27 bits per heavy atom. The molecule has 78 valence electrons. The van der Waals surface area contributed by atoms with Gasteiger partial charge in [-0.25, -0.2) is 9.36 Å². The second-order valence-electron chi connectivity index (χ2n) is 3.36. The van der Waals surface area contributed by atoms with Crippen LogP contribution < -0.4 is 4.57 Å². The van der Waals surface area contributed by atoms with Crippen molar-refractivity contribution in [2.75, 3.05) is 0 Å². The van der Waals surface area contributed by atoms with Gasteiger partial charge in [-0.15, -0.1) is 0 Å². The fraction of sp³-hybridized carbons (Fsp3) is 0.167. The Hall–Kier alpha value is -1.90. The van der Waals surface area contributed by atoms with Crippen molar-refractivity contribution in [2.45, 2.75) is 6.92 Å². The monoisotopic (exact) mass is 204 g/mol. The van der Waals surface area contributed by atoms with Crippen LogP contribution >= 0.6 is 0 Å². The Labute approximate surface area is 89.0 Å². The molecule has 1 N–H and O–H groups in total. The van der Waals surface area contributed by atoms with Gasteiger partial charge in [0.05, 0.1) is 0 Å². The molecule has 15 heavy (non-hydrogen) atoms. The average molecular weight is 204 g/mol. The zero-order chi connectivity index (χ0) is 11.3. The highest BCUT2D eigenvalue weighted by atomic mass is 16.4. The standard InChI is InChI=1S/C12H13NO2/c1-10(8-12(14)15)5-6-11-4-3-7-13(2)9-11/h3-9H,1-2H3/p+1. The number of pyridine rings is 1. The van der Waals surface area contributed by atoms with Gasteiger partial charge in [0, 0.05) is 17.7 Å². The van der Waals surface area contributed by atoms with Crippen LogP contribution in [0.2, 0.25) is 0 Å². The summed E-state index contributed by atoms with van der Waals surface area (Å²) in [5, 5.41) is 8.51. The lowest BCUT2D eigenvalue weighted by atomic mass is 10.2. The van der Waals surface area contributed by atoms with E-state index in [2.05, 4.69) is 0 Å². The number of aryl methyl sites for hydroxylation is 1. The number of nitrogens with zero attached hydrogens (tertiary/aromatic N) is 1. The molecule has 0 aliphatic heterocycles. The topological polar surface area (TPSA) is 41.2 Å². The fourth-order valence-corrected chi connectivity index (χ4v) is 1.18. The summed E-state index contributed by atoms with van der Waals surface area (Å²) in [6, 6.07) is 3.90. The normalized spacial score (nSPS) is 12.0. The lowest BCUT2D eigenvalue weighted by molar-refractivity contribution is -0.671. The predicted molar refractivity (Wildman–Crippen MR) is 58.0 cm³/mol. The Bertz CT molecular complexity index is 419. The number of carboxylic acids is 1. The highest BCUT2D eigenvalue weighted by Crippen LogP contribution is 2.02. The minimum absolute atomic E-state index is 0.717. The van der Waals surface area contributed by atoms with E-state index in [1.165, 1.54) is 6.08 Å². The van der Waals surface area contributed by atoms with Gasteiger partial charge < -0.3 is 5.11 Å². The molecule has 0 radical (unpaired) electrons. The maximum Gasteiger partial charge on any atom is 0.328 e. The minimum atomic E-state index is -0.921. The number of carbonyl (C=O) groups is 1. The summed E-state index contributed by atoms with van der Waals surface area (Å²) < 4.78 is 1.94. The van der Waals surface area contributed by atoms with E-state index in [-0.39, 0.29) is 0 Å². The van der Waals surface area contributed by atoms with E-state index in [4.69, 9.17) is 5.11 Å². The third-order valence-corrected chi connectivity index (χ3v) is 1.85. The molecule has 0 aliphatic carbocycles. The summed E-state index contributed by atoms with van der Waals surface area (Å²) in [5.41, 5.74) is 1.76. The largest absolute Gasteiger partial charge is 0.478 e. The van der Waals surface area contributed by atoms with Crippen molar-refractivity contribution in [1.82, 2.24) is 0 Å². The number of aromatic nitrogens is 1. The first-order valence-corrected chi connectivity index (χ1v) is 4.62. The Balaban J connectivity index is 2.78. The van der Waals surface area contributed by atoms with Gasteiger partial charge in [0.15, 0.2) is 12.4 Å². The fourth-order valence-electron chi connectivity index (χ4n) is 1.18. The van der Waals surface area contributed by atoms with Gasteiger partial charge in [-0.05, 0) is 24.6 Å².